The summed E-state index contributed by atoms with van der Waals surface area (Å²) in [5, 5.41) is 16.6. The summed E-state index contributed by atoms with van der Waals surface area (Å²) >= 11 is 0. The maximum absolute atomic E-state index is 11.0. The predicted molar refractivity (Wildman–Crippen MR) is 152 cm³/mol. The Morgan fingerprint density at radius 1 is 0.947 bits per heavy atom. The number of ether oxygens (including phenoxy) is 2. The van der Waals surface area contributed by atoms with E-state index in [1.165, 1.54) is 10.9 Å². The first-order valence-electron chi connectivity index (χ1n) is 12.7. The van der Waals surface area contributed by atoms with Gasteiger partial charge in [0.15, 0.2) is 11.5 Å². The number of H-pyrrole nitrogens is 1. The van der Waals surface area contributed by atoms with Gasteiger partial charge in [0.2, 0.25) is 5.95 Å². The molecule has 0 aliphatic rings. The smallest absolute Gasteiger partial charge is 0.227 e. The Bertz CT molecular complexity index is 1540. The summed E-state index contributed by atoms with van der Waals surface area (Å²) < 4.78 is 11.1. The molecule has 0 aliphatic carbocycles. The minimum Gasteiger partial charge on any atom is -0.493 e. The standard InChI is InChI=1S/C30H33N5O3/c1-19(28(36)20-10-6-5-7-11-20)35(2)30-33-25-17-27(38-4)26(37-3)16-23(25)29(34-30)31-15-14-21-18-32-24-13-9-8-12-22(21)24/h5-13,16-19,28,32,36H,14-15H2,1-4H3,(H,31,33,34)/t19-,28+/m0/s1. The van der Waals surface area contributed by atoms with E-state index in [-0.39, 0.29) is 6.04 Å². The first kappa shape index (κ1) is 25.4. The van der Waals surface area contributed by atoms with Gasteiger partial charge < -0.3 is 29.8 Å². The average Bonchev–Trinajstić information content (AvgIpc) is 3.38. The van der Waals surface area contributed by atoms with Crippen LogP contribution in [-0.4, -0.2) is 53.9 Å². The zero-order chi connectivity index (χ0) is 26.6. The molecule has 3 aromatic carbocycles. The van der Waals surface area contributed by atoms with Crippen LogP contribution in [0, 0.1) is 0 Å². The van der Waals surface area contributed by atoms with Crippen molar-refractivity contribution in [1.29, 1.82) is 0 Å². The van der Waals surface area contributed by atoms with Crippen LogP contribution in [0.4, 0.5) is 11.8 Å². The minimum absolute atomic E-state index is 0.269. The van der Waals surface area contributed by atoms with E-state index in [1.54, 1.807) is 14.2 Å². The van der Waals surface area contributed by atoms with Crippen molar-refractivity contribution in [3.63, 3.8) is 0 Å². The van der Waals surface area contributed by atoms with E-state index in [2.05, 4.69) is 34.7 Å². The molecule has 0 fully saturated rings. The highest BCUT2D eigenvalue weighted by molar-refractivity contribution is 5.93. The normalized spacial score (nSPS) is 12.9. The third kappa shape index (κ3) is 4.95. The molecular weight excluding hydrogens is 478 g/mol. The molecule has 38 heavy (non-hydrogen) atoms. The number of methoxy groups -OCH3 is 2. The zero-order valence-electron chi connectivity index (χ0n) is 22.1. The van der Waals surface area contributed by atoms with Gasteiger partial charge in [-0.15, -0.1) is 0 Å². The number of fused-ring (bicyclic) bond motifs is 2. The number of hydrogen-bond donors (Lipinski definition) is 3. The maximum Gasteiger partial charge on any atom is 0.227 e. The number of nitrogens with one attached hydrogen (secondary N) is 2. The molecule has 0 radical (unpaired) electrons. The number of aromatic amines is 1. The molecule has 5 rings (SSSR count). The Hall–Kier alpha value is -4.30. The van der Waals surface area contributed by atoms with Crippen LogP contribution in [0.5, 0.6) is 11.5 Å². The van der Waals surface area contributed by atoms with Crippen LogP contribution in [0.15, 0.2) is 72.9 Å². The van der Waals surface area contributed by atoms with Gasteiger partial charge in [0.1, 0.15) is 5.82 Å². The van der Waals surface area contributed by atoms with Crippen LogP contribution < -0.4 is 19.7 Å². The number of aromatic nitrogens is 3. The van der Waals surface area contributed by atoms with Crippen molar-refractivity contribution in [1.82, 2.24) is 15.0 Å². The fraction of sp³-hybridized carbons (Fsp3) is 0.267. The second-order valence-corrected chi connectivity index (χ2v) is 9.34. The minimum atomic E-state index is -0.704. The summed E-state index contributed by atoms with van der Waals surface area (Å²) in [5.41, 5.74) is 3.93. The number of benzene rings is 3. The molecular formula is C30H33N5O3. The molecule has 8 nitrogen and oxygen atoms in total. The van der Waals surface area contributed by atoms with E-state index >= 15 is 0 Å². The van der Waals surface area contributed by atoms with E-state index in [0.29, 0.717) is 29.8 Å². The second-order valence-electron chi connectivity index (χ2n) is 9.34. The van der Waals surface area contributed by atoms with E-state index < -0.39 is 6.10 Å². The molecule has 8 heteroatoms. The van der Waals surface area contributed by atoms with Crippen molar-refractivity contribution in [3.8, 4) is 11.5 Å². The van der Waals surface area contributed by atoms with Crippen molar-refractivity contribution in [2.24, 2.45) is 0 Å². The van der Waals surface area contributed by atoms with Gasteiger partial charge in [-0.2, -0.15) is 4.98 Å². The molecule has 0 amide bonds. The predicted octanol–water partition coefficient (Wildman–Crippen LogP) is 5.34. The van der Waals surface area contributed by atoms with Crippen LogP contribution >= 0.6 is 0 Å². The van der Waals surface area contributed by atoms with Gasteiger partial charge in [0.25, 0.3) is 0 Å². The molecule has 196 valence electrons. The Morgan fingerprint density at radius 2 is 1.66 bits per heavy atom. The zero-order valence-corrected chi connectivity index (χ0v) is 22.1. The molecule has 2 heterocycles. The number of aliphatic hydroxyl groups is 1. The lowest BCUT2D eigenvalue weighted by Crippen LogP contribution is -2.35. The summed E-state index contributed by atoms with van der Waals surface area (Å²) in [5.74, 6) is 2.40. The summed E-state index contributed by atoms with van der Waals surface area (Å²) in [4.78, 5) is 15.0. The van der Waals surface area contributed by atoms with Gasteiger partial charge in [0.05, 0.1) is 31.9 Å². The van der Waals surface area contributed by atoms with Crippen molar-refractivity contribution < 1.29 is 14.6 Å². The van der Waals surface area contributed by atoms with Crippen LogP contribution in [0.3, 0.4) is 0 Å². The highest BCUT2D eigenvalue weighted by atomic mass is 16.5. The lowest BCUT2D eigenvalue weighted by atomic mass is 10.0. The largest absolute Gasteiger partial charge is 0.493 e. The van der Waals surface area contributed by atoms with Gasteiger partial charge in [0, 0.05) is 42.1 Å². The van der Waals surface area contributed by atoms with Crippen molar-refractivity contribution in [2.45, 2.75) is 25.5 Å². The molecule has 2 atom stereocenters. The molecule has 0 aliphatic heterocycles. The quantitative estimate of drug-likeness (QED) is 0.233. The van der Waals surface area contributed by atoms with Crippen LogP contribution in [-0.2, 0) is 6.42 Å². The lowest BCUT2D eigenvalue weighted by Gasteiger charge is -2.29. The van der Waals surface area contributed by atoms with Gasteiger partial charge >= 0.3 is 0 Å². The van der Waals surface area contributed by atoms with Gasteiger partial charge in [-0.3, -0.25) is 0 Å². The Labute approximate surface area is 222 Å². The first-order chi connectivity index (χ1) is 18.5. The highest BCUT2D eigenvalue weighted by Gasteiger charge is 2.24. The number of nitrogens with zero attached hydrogens (tertiary/aromatic N) is 3. The Kier molecular flexibility index (Phi) is 7.33. The average molecular weight is 512 g/mol. The molecule has 0 saturated carbocycles. The fourth-order valence-electron chi connectivity index (χ4n) is 4.71. The van der Waals surface area contributed by atoms with Gasteiger partial charge in [-0.05, 0) is 36.6 Å². The lowest BCUT2D eigenvalue weighted by molar-refractivity contribution is 0.150. The highest BCUT2D eigenvalue weighted by Crippen LogP contribution is 2.35. The third-order valence-corrected chi connectivity index (χ3v) is 7.08. The van der Waals surface area contributed by atoms with Crippen LogP contribution in [0.25, 0.3) is 21.8 Å². The Balaban J connectivity index is 1.47. The SMILES string of the molecule is COc1cc2nc(N(C)[C@@H](C)[C@@H](O)c3ccccc3)nc(NCCc3c[nH]c4ccccc34)c2cc1OC. The number of rotatable bonds is 10. The van der Waals surface area contributed by atoms with Crippen molar-refractivity contribution in [3.05, 3.63) is 84.1 Å². The van der Waals surface area contributed by atoms with Crippen molar-refractivity contribution >= 4 is 33.6 Å². The van der Waals surface area contributed by atoms with E-state index in [4.69, 9.17) is 19.4 Å². The monoisotopic (exact) mass is 511 g/mol. The van der Waals surface area contributed by atoms with E-state index in [9.17, 15) is 5.11 Å². The van der Waals surface area contributed by atoms with E-state index in [1.807, 2.05) is 67.4 Å². The van der Waals surface area contributed by atoms with Crippen LogP contribution in [0.2, 0.25) is 0 Å². The number of para-hydroxylation sites is 1. The summed E-state index contributed by atoms with van der Waals surface area (Å²) in [7, 11) is 5.12. The number of hydrogen-bond acceptors (Lipinski definition) is 7. The fourth-order valence-corrected chi connectivity index (χ4v) is 4.71. The number of anilines is 2. The molecule has 3 N–H and O–H groups in total. The topological polar surface area (TPSA) is 95.5 Å². The first-order valence-corrected chi connectivity index (χ1v) is 12.7. The van der Waals surface area contributed by atoms with E-state index in [0.717, 1.165) is 28.4 Å². The summed E-state index contributed by atoms with van der Waals surface area (Å²) in [6, 6.07) is 21.4. The molecule has 0 bridgehead atoms. The molecule has 0 spiro atoms. The molecule has 5 aromatic rings. The second kappa shape index (κ2) is 11.0. The van der Waals surface area contributed by atoms with Crippen LogP contribution in [0.1, 0.15) is 24.2 Å². The number of aliphatic hydroxyl groups excluding tert-OH is 1. The van der Waals surface area contributed by atoms with Gasteiger partial charge in [-0.1, -0.05) is 48.5 Å². The summed E-state index contributed by atoms with van der Waals surface area (Å²) in [6.07, 6.45) is 2.17. The summed E-state index contributed by atoms with van der Waals surface area (Å²) in [6.45, 7) is 2.64. The number of likely N-dealkylation sites (N-methyl/N-ethyl adjacent to an activating group) is 1. The maximum atomic E-state index is 11.0. The molecule has 0 unspecified atom stereocenters. The third-order valence-electron chi connectivity index (χ3n) is 7.08. The molecule has 0 saturated heterocycles. The van der Waals surface area contributed by atoms with Crippen molar-refractivity contribution in [2.75, 3.05) is 38.0 Å². The Morgan fingerprint density at radius 3 is 2.42 bits per heavy atom. The molecule has 2 aromatic heterocycles. The van der Waals surface area contributed by atoms with Gasteiger partial charge in [-0.25, -0.2) is 4.98 Å².